The fraction of sp³-hybridized carbons (Fsp3) is 0.692. The number of rotatable bonds is 3. The van der Waals surface area contributed by atoms with E-state index >= 15 is 0 Å². The Kier molecular flexibility index (Phi) is 4.20. The minimum Gasteiger partial charge on any atom is -0.393 e. The molecule has 1 fully saturated rings. The van der Waals surface area contributed by atoms with Gasteiger partial charge in [-0.1, -0.05) is 0 Å². The summed E-state index contributed by atoms with van der Waals surface area (Å²) in [7, 11) is 0. The molecular formula is C13H21NO2S. The maximum Gasteiger partial charge on any atom is 0.0890 e. The molecule has 0 radical (unpaired) electrons. The Bertz CT molecular complexity index is 366. The Morgan fingerprint density at radius 1 is 1.41 bits per heavy atom. The molecule has 2 heterocycles. The molecule has 0 saturated carbocycles. The van der Waals surface area contributed by atoms with Crippen molar-refractivity contribution in [2.75, 3.05) is 19.7 Å². The van der Waals surface area contributed by atoms with Crippen LogP contribution >= 0.6 is 11.3 Å². The summed E-state index contributed by atoms with van der Waals surface area (Å²) in [5.74, 6) is 0. The molecule has 1 aromatic rings. The predicted molar refractivity (Wildman–Crippen MR) is 70.2 cm³/mol. The molecule has 17 heavy (non-hydrogen) atoms. The summed E-state index contributed by atoms with van der Waals surface area (Å²) in [6.45, 7) is 4.89. The number of aliphatic hydroxyl groups is 2. The largest absolute Gasteiger partial charge is 0.393 e. The lowest BCUT2D eigenvalue weighted by Gasteiger charge is -2.24. The van der Waals surface area contributed by atoms with Gasteiger partial charge in [0.05, 0.1) is 12.2 Å². The van der Waals surface area contributed by atoms with Gasteiger partial charge in [-0.05, 0) is 49.7 Å². The van der Waals surface area contributed by atoms with E-state index in [0.29, 0.717) is 12.8 Å². The lowest BCUT2D eigenvalue weighted by molar-refractivity contribution is -0.0255. The molecule has 0 spiro atoms. The van der Waals surface area contributed by atoms with E-state index in [4.69, 9.17) is 0 Å². The number of hydrogen-bond acceptors (Lipinski definition) is 4. The molecule has 2 rings (SSSR count). The molecule has 1 aliphatic heterocycles. The van der Waals surface area contributed by atoms with Gasteiger partial charge in [0, 0.05) is 18.0 Å². The van der Waals surface area contributed by atoms with Gasteiger partial charge in [0.1, 0.15) is 0 Å². The number of aliphatic hydroxyl groups excluding tert-OH is 1. The molecular weight excluding hydrogens is 234 g/mol. The van der Waals surface area contributed by atoms with Crippen molar-refractivity contribution in [1.29, 1.82) is 0 Å². The summed E-state index contributed by atoms with van der Waals surface area (Å²) in [6, 6.07) is 2.15. The molecule has 96 valence electrons. The van der Waals surface area contributed by atoms with Gasteiger partial charge in [-0.2, -0.15) is 0 Å². The fourth-order valence-corrected chi connectivity index (χ4v) is 3.27. The average molecular weight is 255 g/mol. The van der Waals surface area contributed by atoms with Gasteiger partial charge in [-0.3, -0.25) is 4.90 Å². The highest BCUT2D eigenvalue weighted by atomic mass is 32.1. The average Bonchev–Trinajstić information content (AvgIpc) is 2.61. The van der Waals surface area contributed by atoms with E-state index in [9.17, 15) is 10.2 Å². The number of hydrogen-bond donors (Lipinski definition) is 2. The van der Waals surface area contributed by atoms with Gasteiger partial charge >= 0.3 is 0 Å². The number of aryl methyl sites for hydroxylation is 1. The molecule has 0 aliphatic carbocycles. The molecule has 1 unspecified atom stereocenters. The summed E-state index contributed by atoms with van der Waals surface area (Å²) in [5, 5.41) is 21.4. The first-order valence-corrected chi connectivity index (χ1v) is 7.09. The van der Waals surface area contributed by atoms with Gasteiger partial charge in [0.25, 0.3) is 0 Å². The molecule has 1 aliphatic rings. The first kappa shape index (κ1) is 13.0. The monoisotopic (exact) mass is 255 g/mol. The van der Waals surface area contributed by atoms with Crippen LogP contribution in [-0.4, -0.2) is 40.4 Å². The van der Waals surface area contributed by atoms with Crippen LogP contribution in [0.2, 0.25) is 0 Å². The van der Waals surface area contributed by atoms with Crippen molar-refractivity contribution < 1.29 is 10.2 Å². The molecule has 2 N–H and O–H groups in total. The van der Waals surface area contributed by atoms with Crippen LogP contribution < -0.4 is 0 Å². The standard InChI is InChI=1S/C13H21NO2S/c1-11-3-8-17-12(11)9-14-6-2-4-13(16,10-15)5-7-14/h3,8,15-16H,2,4-7,9-10H2,1H3. The van der Waals surface area contributed by atoms with Crippen LogP contribution in [0.4, 0.5) is 0 Å². The molecule has 0 aromatic carbocycles. The van der Waals surface area contributed by atoms with Crippen molar-refractivity contribution in [3.63, 3.8) is 0 Å². The summed E-state index contributed by atoms with van der Waals surface area (Å²) >= 11 is 1.80. The Hall–Kier alpha value is -0.420. The topological polar surface area (TPSA) is 43.7 Å². The van der Waals surface area contributed by atoms with Crippen LogP contribution in [0.5, 0.6) is 0 Å². The lowest BCUT2D eigenvalue weighted by Crippen LogP contribution is -2.34. The molecule has 1 saturated heterocycles. The molecule has 1 aromatic heterocycles. The van der Waals surface area contributed by atoms with E-state index in [1.807, 2.05) is 0 Å². The van der Waals surface area contributed by atoms with E-state index in [-0.39, 0.29) is 6.61 Å². The van der Waals surface area contributed by atoms with Crippen LogP contribution in [0, 0.1) is 6.92 Å². The van der Waals surface area contributed by atoms with Crippen molar-refractivity contribution in [2.24, 2.45) is 0 Å². The highest BCUT2D eigenvalue weighted by molar-refractivity contribution is 7.10. The SMILES string of the molecule is Cc1ccsc1CN1CCCC(O)(CO)CC1. The van der Waals surface area contributed by atoms with E-state index in [1.165, 1.54) is 10.4 Å². The van der Waals surface area contributed by atoms with E-state index < -0.39 is 5.60 Å². The fourth-order valence-electron chi connectivity index (χ4n) is 2.32. The second-order valence-corrected chi connectivity index (χ2v) is 6.04. The first-order chi connectivity index (χ1) is 8.13. The smallest absolute Gasteiger partial charge is 0.0890 e. The molecule has 0 amide bonds. The molecule has 0 bridgehead atoms. The van der Waals surface area contributed by atoms with Crippen molar-refractivity contribution in [2.45, 2.75) is 38.3 Å². The van der Waals surface area contributed by atoms with Crippen LogP contribution in [0.3, 0.4) is 0 Å². The van der Waals surface area contributed by atoms with Crippen molar-refractivity contribution in [1.82, 2.24) is 4.90 Å². The number of nitrogens with zero attached hydrogens (tertiary/aromatic N) is 1. The Labute approximate surface area is 107 Å². The second-order valence-electron chi connectivity index (χ2n) is 5.04. The van der Waals surface area contributed by atoms with Gasteiger partial charge in [0.2, 0.25) is 0 Å². The predicted octanol–water partition coefficient (Wildman–Crippen LogP) is 1.77. The van der Waals surface area contributed by atoms with Gasteiger partial charge in [0.15, 0.2) is 0 Å². The quantitative estimate of drug-likeness (QED) is 0.865. The van der Waals surface area contributed by atoms with Crippen molar-refractivity contribution in [3.05, 3.63) is 21.9 Å². The minimum atomic E-state index is -0.848. The van der Waals surface area contributed by atoms with Gasteiger partial charge < -0.3 is 10.2 Å². The summed E-state index contributed by atoms with van der Waals surface area (Å²) < 4.78 is 0. The normalized spacial score (nSPS) is 27.0. The van der Waals surface area contributed by atoms with Crippen LogP contribution in [0.15, 0.2) is 11.4 Å². The summed E-state index contributed by atoms with van der Waals surface area (Å²) in [4.78, 5) is 3.80. The van der Waals surface area contributed by atoms with E-state index in [2.05, 4.69) is 23.3 Å². The number of likely N-dealkylation sites (tertiary alicyclic amines) is 1. The van der Waals surface area contributed by atoms with Gasteiger partial charge in [-0.15, -0.1) is 11.3 Å². The Morgan fingerprint density at radius 2 is 2.24 bits per heavy atom. The van der Waals surface area contributed by atoms with Crippen molar-refractivity contribution >= 4 is 11.3 Å². The van der Waals surface area contributed by atoms with E-state index in [0.717, 1.165) is 26.1 Å². The first-order valence-electron chi connectivity index (χ1n) is 6.21. The van der Waals surface area contributed by atoms with Crippen molar-refractivity contribution in [3.8, 4) is 0 Å². The lowest BCUT2D eigenvalue weighted by atomic mass is 9.96. The molecule has 1 atom stereocenters. The minimum absolute atomic E-state index is 0.112. The van der Waals surface area contributed by atoms with Crippen LogP contribution in [-0.2, 0) is 6.54 Å². The highest BCUT2D eigenvalue weighted by Gasteiger charge is 2.29. The zero-order chi connectivity index (χ0) is 12.3. The third-order valence-electron chi connectivity index (χ3n) is 3.64. The van der Waals surface area contributed by atoms with Crippen LogP contribution in [0.1, 0.15) is 29.7 Å². The third-order valence-corrected chi connectivity index (χ3v) is 4.65. The Morgan fingerprint density at radius 3 is 2.88 bits per heavy atom. The van der Waals surface area contributed by atoms with Gasteiger partial charge in [-0.25, -0.2) is 0 Å². The highest BCUT2D eigenvalue weighted by Crippen LogP contribution is 2.24. The van der Waals surface area contributed by atoms with Crippen LogP contribution in [0.25, 0.3) is 0 Å². The molecule has 4 heteroatoms. The second kappa shape index (κ2) is 5.48. The maximum absolute atomic E-state index is 10.1. The summed E-state index contributed by atoms with van der Waals surface area (Å²) in [6.07, 6.45) is 2.35. The number of thiophene rings is 1. The zero-order valence-electron chi connectivity index (χ0n) is 10.4. The third kappa shape index (κ3) is 3.28. The Balaban J connectivity index is 1.93. The zero-order valence-corrected chi connectivity index (χ0v) is 11.2. The van der Waals surface area contributed by atoms with E-state index in [1.54, 1.807) is 11.3 Å². The molecule has 3 nitrogen and oxygen atoms in total. The summed E-state index contributed by atoms with van der Waals surface area (Å²) in [5.41, 5.74) is 0.510. The maximum atomic E-state index is 10.1.